The van der Waals surface area contributed by atoms with Crippen LogP contribution < -0.4 is 0 Å². The number of aromatic nitrogens is 3. The number of methoxy groups -OCH3 is 1. The van der Waals surface area contributed by atoms with E-state index in [1.807, 2.05) is 41.1 Å². The first-order chi connectivity index (χ1) is 15.6. The highest BCUT2D eigenvalue weighted by molar-refractivity contribution is 5.60. The minimum absolute atomic E-state index is 0.476. The van der Waals surface area contributed by atoms with Crippen LogP contribution >= 0.6 is 0 Å². The largest absolute Gasteiger partial charge is 0.385 e. The SMILES string of the molecule is COCCN1C[C@@H]2[C@@H](C#Cc3ccc(-c4cc(Cn5ccnc5[C@H](C)O)on4)cc3)[C@@H]2C1. The van der Waals surface area contributed by atoms with Crippen LogP contribution in [0.25, 0.3) is 11.3 Å². The van der Waals surface area contributed by atoms with Gasteiger partial charge < -0.3 is 23.8 Å². The normalized spacial score (nSPS) is 22.9. The Balaban J connectivity index is 1.18. The average molecular weight is 433 g/mol. The lowest BCUT2D eigenvalue weighted by molar-refractivity contribution is 0.153. The number of nitrogens with zero attached hydrogens (tertiary/aromatic N) is 4. The second kappa shape index (κ2) is 8.91. The molecule has 32 heavy (non-hydrogen) atoms. The molecular weight excluding hydrogens is 404 g/mol. The molecule has 3 heterocycles. The number of benzene rings is 1. The summed E-state index contributed by atoms with van der Waals surface area (Å²) in [6.45, 7) is 6.31. The van der Waals surface area contributed by atoms with Crippen LogP contribution in [0.5, 0.6) is 0 Å². The van der Waals surface area contributed by atoms with Crippen LogP contribution in [-0.2, 0) is 11.3 Å². The Morgan fingerprint density at radius 1 is 1.25 bits per heavy atom. The Morgan fingerprint density at radius 2 is 2.03 bits per heavy atom. The summed E-state index contributed by atoms with van der Waals surface area (Å²) in [6, 6.07) is 10.1. The minimum atomic E-state index is -0.633. The summed E-state index contributed by atoms with van der Waals surface area (Å²) in [4.78, 5) is 6.67. The van der Waals surface area contributed by atoms with Crippen molar-refractivity contribution in [2.24, 2.45) is 17.8 Å². The van der Waals surface area contributed by atoms with Crippen LogP contribution in [0, 0.1) is 29.6 Å². The van der Waals surface area contributed by atoms with E-state index < -0.39 is 6.10 Å². The highest BCUT2D eigenvalue weighted by atomic mass is 16.5. The Bertz CT molecular complexity index is 1110. The van der Waals surface area contributed by atoms with Crippen molar-refractivity contribution in [3.05, 3.63) is 59.9 Å². The number of likely N-dealkylation sites (tertiary alicyclic amines) is 1. The molecule has 0 radical (unpaired) electrons. The van der Waals surface area contributed by atoms with E-state index in [9.17, 15) is 5.11 Å². The lowest BCUT2D eigenvalue weighted by Crippen LogP contribution is -2.27. The van der Waals surface area contributed by atoms with E-state index in [1.165, 1.54) is 0 Å². The van der Waals surface area contributed by atoms with Gasteiger partial charge in [0.15, 0.2) is 5.76 Å². The number of hydrogen-bond acceptors (Lipinski definition) is 6. The second-order valence-corrected chi connectivity index (χ2v) is 8.72. The quantitative estimate of drug-likeness (QED) is 0.579. The highest BCUT2D eigenvalue weighted by Crippen LogP contribution is 2.51. The van der Waals surface area contributed by atoms with Gasteiger partial charge in [0.2, 0.25) is 0 Å². The van der Waals surface area contributed by atoms with Crippen LogP contribution in [0.2, 0.25) is 0 Å². The molecule has 1 N–H and O–H groups in total. The number of imidazole rings is 1. The highest BCUT2D eigenvalue weighted by Gasteiger charge is 2.54. The first kappa shape index (κ1) is 21.0. The Hall–Kier alpha value is -2.92. The molecule has 7 heteroatoms. The van der Waals surface area contributed by atoms with E-state index >= 15 is 0 Å². The Morgan fingerprint density at radius 3 is 2.75 bits per heavy atom. The summed E-state index contributed by atoms with van der Waals surface area (Å²) in [5, 5.41) is 14.0. The number of rotatable bonds is 7. The molecule has 2 aromatic heterocycles. The Labute approximate surface area is 188 Å². The van der Waals surface area contributed by atoms with Gasteiger partial charge in [-0.2, -0.15) is 0 Å². The fourth-order valence-electron chi connectivity index (χ4n) is 4.64. The van der Waals surface area contributed by atoms with Crippen LogP contribution in [-0.4, -0.2) is 58.1 Å². The smallest absolute Gasteiger partial charge is 0.157 e. The number of fused-ring (bicyclic) bond motifs is 1. The molecule has 0 amide bonds. The molecule has 1 aliphatic carbocycles. The molecule has 2 fully saturated rings. The molecule has 0 unspecified atom stereocenters. The lowest BCUT2D eigenvalue weighted by atomic mass is 10.1. The molecule has 166 valence electrons. The number of aliphatic hydroxyl groups excluding tert-OH is 1. The molecule has 0 spiro atoms. The van der Waals surface area contributed by atoms with Crippen LogP contribution in [0.1, 0.15) is 30.2 Å². The third kappa shape index (κ3) is 4.35. The molecule has 4 atom stereocenters. The maximum absolute atomic E-state index is 9.80. The molecule has 1 saturated carbocycles. The number of ether oxygens (including phenoxy) is 1. The van der Waals surface area contributed by atoms with Gasteiger partial charge in [0.1, 0.15) is 17.6 Å². The first-order valence-electron chi connectivity index (χ1n) is 11.1. The summed E-state index contributed by atoms with van der Waals surface area (Å²) < 4.78 is 12.5. The molecule has 0 bridgehead atoms. The zero-order chi connectivity index (χ0) is 22.1. The maximum Gasteiger partial charge on any atom is 0.157 e. The summed E-state index contributed by atoms with van der Waals surface area (Å²) >= 11 is 0. The first-order valence-corrected chi connectivity index (χ1v) is 11.1. The predicted molar refractivity (Wildman–Crippen MR) is 120 cm³/mol. The van der Waals surface area contributed by atoms with Gasteiger partial charge in [-0.1, -0.05) is 29.1 Å². The van der Waals surface area contributed by atoms with Gasteiger partial charge in [-0.15, -0.1) is 0 Å². The van der Waals surface area contributed by atoms with Gasteiger partial charge in [-0.05, 0) is 30.9 Å². The molecule has 1 aromatic carbocycles. The van der Waals surface area contributed by atoms with Crippen LogP contribution in [0.15, 0.2) is 47.2 Å². The third-order valence-electron chi connectivity index (χ3n) is 6.45. The number of piperidine rings is 1. The minimum Gasteiger partial charge on any atom is -0.385 e. The zero-order valence-corrected chi connectivity index (χ0v) is 18.4. The van der Waals surface area contributed by atoms with Gasteiger partial charge in [-0.25, -0.2) is 4.98 Å². The van der Waals surface area contributed by atoms with Gasteiger partial charge >= 0.3 is 0 Å². The summed E-state index contributed by atoms with van der Waals surface area (Å²) in [5.74, 6) is 10.2. The average Bonchev–Trinajstić information content (AvgIpc) is 3.28. The van der Waals surface area contributed by atoms with Crippen molar-refractivity contribution in [2.45, 2.75) is 19.6 Å². The monoisotopic (exact) mass is 432 g/mol. The molecular formula is C25H28N4O3. The fourth-order valence-corrected chi connectivity index (χ4v) is 4.64. The third-order valence-corrected chi connectivity index (χ3v) is 6.45. The lowest BCUT2D eigenvalue weighted by Gasteiger charge is -2.17. The fraction of sp³-hybridized carbons (Fsp3) is 0.440. The number of aliphatic hydroxyl groups is 1. The molecule has 3 aromatic rings. The van der Waals surface area contributed by atoms with Crippen molar-refractivity contribution in [2.75, 3.05) is 33.4 Å². The summed E-state index contributed by atoms with van der Waals surface area (Å²) in [6.07, 6.45) is 2.86. The van der Waals surface area contributed by atoms with Crippen LogP contribution in [0.4, 0.5) is 0 Å². The molecule has 2 aliphatic rings. The number of hydrogen-bond donors (Lipinski definition) is 1. The van der Waals surface area contributed by atoms with Crippen molar-refractivity contribution in [1.82, 2.24) is 19.6 Å². The topological polar surface area (TPSA) is 76.5 Å². The summed E-state index contributed by atoms with van der Waals surface area (Å²) in [5.41, 5.74) is 2.80. The molecule has 5 rings (SSSR count). The Kier molecular flexibility index (Phi) is 5.83. The van der Waals surface area contributed by atoms with Gasteiger partial charge in [0, 0.05) is 62.2 Å². The molecule has 1 saturated heterocycles. The van der Waals surface area contributed by atoms with Gasteiger partial charge in [0.25, 0.3) is 0 Å². The van der Waals surface area contributed by atoms with E-state index in [0.29, 0.717) is 24.0 Å². The van der Waals surface area contributed by atoms with Gasteiger partial charge in [0.05, 0.1) is 13.2 Å². The van der Waals surface area contributed by atoms with Crippen molar-refractivity contribution in [3.8, 4) is 23.1 Å². The standard InChI is InChI=1S/C25H28N4O3/c1-17(30)25-26-9-10-29(25)14-20-13-24(27-32-20)19-6-3-18(4-7-19)5-8-21-22-15-28(11-12-31-2)16-23(21)22/h3-4,6-7,9-10,13,17,21-23,30H,11-12,14-16H2,1-2H3/t17-,21-,22-,23+/m0/s1. The van der Waals surface area contributed by atoms with E-state index in [1.54, 1.807) is 20.2 Å². The van der Waals surface area contributed by atoms with E-state index in [0.717, 1.165) is 54.9 Å². The van der Waals surface area contributed by atoms with E-state index in [-0.39, 0.29) is 0 Å². The maximum atomic E-state index is 9.80. The summed E-state index contributed by atoms with van der Waals surface area (Å²) in [7, 11) is 1.76. The van der Waals surface area contributed by atoms with Crippen molar-refractivity contribution >= 4 is 0 Å². The van der Waals surface area contributed by atoms with E-state index in [4.69, 9.17) is 9.26 Å². The predicted octanol–water partition coefficient (Wildman–Crippen LogP) is 2.82. The van der Waals surface area contributed by atoms with Crippen LogP contribution in [0.3, 0.4) is 0 Å². The molecule has 1 aliphatic heterocycles. The van der Waals surface area contributed by atoms with Gasteiger partial charge in [-0.3, -0.25) is 0 Å². The van der Waals surface area contributed by atoms with Crippen molar-refractivity contribution in [1.29, 1.82) is 0 Å². The van der Waals surface area contributed by atoms with Crippen molar-refractivity contribution < 1.29 is 14.4 Å². The second-order valence-electron chi connectivity index (χ2n) is 8.72. The molecule has 7 nitrogen and oxygen atoms in total. The van der Waals surface area contributed by atoms with E-state index in [2.05, 4.69) is 26.9 Å². The zero-order valence-electron chi connectivity index (χ0n) is 18.4. The van der Waals surface area contributed by atoms with Crippen molar-refractivity contribution in [3.63, 3.8) is 0 Å².